The Bertz CT molecular complexity index is 86.4. The summed E-state index contributed by atoms with van der Waals surface area (Å²) in [5.74, 6) is 0. The van der Waals surface area contributed by atoms with Crippen LogP contribution in [0.5, 0.6) is 0 Å². The second-order valence-corrected chi connectivity index (χ2v) is 7.46. The highest BCUT2D eigenvalue weighted by molar-refractivity contribution is 7.72. The van der Waals surface area contributed by atoms with E-state index in [0.717, 1.165) is 5.66 Å². The lowest BCUT2D eigenvalue weighted by atomic mass is 10.6. The molecule has 0 fully saturated rings. The quantitative estimate of drug-likeness (QED) is 0.462. The average Bonchev–Trinajstić information content (AvgIpc) is 1.31. The zero-order valence-electron chi connectivity index (χ0n) is 5.73. The Hall–Kier alpha value is 0.300. The molecular formula is C6H15P. The van der Waals surface area contributed by atoms with Gasteiger partial charge in [-0.1, -0.05) is 13.8 Å². The van der Waals surface area contributed by atoms with Gasteiger partial charge in [0.25, 0.3) is 0 Å². The van der Waals surface area contributed by atoms with E-state index >= 15 is 0 Å². The van der Waals surface area contributed by atoms with Crippen molar-refractivity contribution in [3.05, 3.63) is 0 Å². The van der Waals surface area contributed by atoms with Crippen LogP contribution in [0, 0.1) is 0 Å². The van der Waals surface area contributed by atoms with E-state index < -0.39 is 6.89 Å². The SMILES string of the molecule is C=P(C)(C)C(C)C. The maximum absolute atomic E-state index is 4.08. The van der Waals surface area contributed by atoms with Crippen LogP contribution >= 0.6 is 6.89 Å². The molecule has 0 saturated carbocycles. The highest BCUT2D eigenvalue weighted by Crippen LogP contribution is 2.40. The molecule has 0 aliphatic rings. The summed E-state index contributed by atoms with van der Waals surface area (Å²) in [7, 11) is 0. The van der Waals surface area contributed by atoms with E-state index in [2.05, 4.69) is 33.5 Å². The lowest BCUT2D eigenvalue weighted by Crippen LogP contribution is -1.93. The van der Waals surface area contributed by atoms with E-state index in [0.29, 0.717) is 0 Å². The molecule has 7 heavy (non-hydrogen) atoms. The van der Waals surface area contributed by atoms with Crippen molar-refractivity contribution in [1.82, 2.24) is 0 Å². The molecule has 0 spiro atoms. The normalized spacial score (nSPS) is 12.7. The van der Waals surface area contributed by atoms with Crippen LogP contribution < -0.4 is 0 Å². The Balaban J connectivity index is 3.80. The van der Waals surface area contributed by atoms with Gasteiger partial charge in [-0.15, -0.1) is 13.2 Å². The van der Waals surface area contributed by atoms with Crippen LogP contribution in [0.15, 0.2) is 0 Å². The first kappa shape index (κ1) is 7.30. The summed E-state index contributed by atoms with van der Waals surface area (Å²) in [5, 5.41) is 0. The summed E-state index contributed by atoms with van der Waals surface area (Å²) in [5.41, 5.74) is 0.799. The van der Waals surface area contributed by atoms with Gasteiger partial charge in [0.15, 0.2) is 0 Å². The first-order valence-corrected chi connectivity index (χ1v) is 5.56. The van der Waals surface area contributed by atoms with Gasteiger partial charge in [-0.2, -0.15) is 0 Å². The van der Waals surface area contributed by atoms with Crippen molar-refractivity contribution < 1.29 is 0 Å². The minimum absolute atomic E-state index is 0.738. The van der Waals surface area contributed by atoms with Crippen molar-refractivity contribution in [1.29, 1.82) is 0 Å². The van der Waals surface area contributed by atoms with E-state index in [9.17, 15) is 0 Å². The van der Waals surface area contributed by atoms with Gasteiger partial charge in [0, 0.05) is 0 Å². The second-order valence-electron chi connectivity index (χ2n) is 2.87. The molecule has 0 atom stereocenters. The molecule has 0 amide bonds. The van der Waals surface area contributed by atoms with E-state index in [1.54, 1.807) is 0 Å². The van der Waals surface area contributed by atoms with Crippen LogP contribution in [-0.2, 0) is 0 Å². The smallest absolute Gasteiger partial charge is 0.0277 e. The van der Waals surface area contributed by atoms with Crippen LogP contribution in [0.4, 0.5) is 0 Å². The first-order chi connectivity index (χ1) is 2.94. The van der Waals surface area contributed by atoms with Gasteiger partial charge in [0.05, 0.1) is 0 Å². The topological polar surface area (TPSA) is 0 Å². The molecule has 0 aliphatic carbocycles. The van der Waals surface area contributed by atoms with Gasteiger partial charge in [-0.05, 0) is 19.0 Å². The Morgan fingerprint density at radius 3 is 1.43 bits per heavy atom. The van der Waals surface area contributed by atoms with Crippen LogP contribution in [0.2, 0.25) is 0 Å². The Morgan fingerprint density at radius 2 is 1.43 bits per heavy atom. The van der Waals surface area contributed by atoms with Gasteiger partial charge in [0.2, 0.25) is 0 Å². The number of hydrogen-bond donors (Lipinski definition) is 0. The minimum Gasteiger partial charge on any atom is -0.115 e. The summed E-state index contributed by atoms with van der Waals surface area (Å²) >= 11 is 0. The average molecular weight is 118 g/mol. The van der Waals surface area contributed by atoms with Gasteiger partial charge >= 0.3 is 0 Å². The molecule has 0 saturated heterocycles. The monoisotopic (exact) mass is 118 g/mol. The molecule has 0 bridgehead atoms. The third-order valence-corrected chi connectivity index (χ3v) is 4.19. The Labute approximate surface area is 46.9 Å². The summed E-state index contributed by atoms with van der Waals surface area (Å²) < 4.78 is 0. The molecule has 0 aromatic heterocycles. The molecule has 0 aliphatic heterocycles. The van der Waals surface area contributed by atoms with Crippen molar-refractivity contribution in [3.63, 3.8) is 0 Å². The highest BCUT2D eigenvalue weighted by atomic mass is 31.2. The van der Waals surface area contributed by atoms with Gasteiger partial charge in [0.1, 0.15) is 0 Å². The maximum atomic E-state index is 4.08. The fourth-order valence-electron chi connectivity index (χ4n) is 0. The lowest BCUT2D eigenvalue weighted by Gasteiger charge is -2.16. The third-order valence-electron chi connectivity index (χ3n) is 1.40. The number of rotatable bonds is 1. The molecule has 0 unspecified atom stereocenters. The summed E-state index contributed by atoms with van der Waals surface area (Å²) in [6.07, 6.45) is 4.08. The fourth-order valence-corrected chi connectivity index (χ4v) is 0. The maximum Gasteiger partial charge on any atom is -0.0277 e. The van der Waals surface area contributed by atoms with Crippen LogP contribution in [0.25, 0.3) is 0 Å². The van der Waals surface area contributed by atoms with E-state index in [1.807, 2.05) is 0 Å². The summed E-state index contributed by atoms with van der Waals surface area (Å²) in [4.78, 5) is 0. The highest BCUT2D eigenvalue weighted by Gasteiger charge is 2.02. The van der Waals surface area contributed by atoms with Crippen molar-refractivity contribution >= 4 is 13.2 Å². The van der Waals surface area contributed by atoms with Gasteiger partial charge in [-0.25, -0.2) is 0 Å². The molecule has 0 aromatic rings. The minimum atomic E-state index is -0.738. The molecule has 0 heterocycles. The molecular weight excluding hydrogens is 103 g/mol. The van der Waals surface area contributed by atoms with Crippen molar-refractivity contribution in [3.8, 4) is 0 Å². The molecule has 0 nitrogen and oxygen atoms in total. The Kier molecular flexibility index (Phi) is 2.13. The summed E-state index contributed by atoms with van der Waals surface area (Å²) in [6.45, 7) is 8.26. The molecule has 0 aromatic carbocycles. The van der Waals surface area contributed by atoms with Crippen LogP contribution in [-0.4, -0.2) is 25.3 Å². The zero-order chi connectivity index (χ0) is 6.08. The fraction of sp³-hybridized carbons (Fsp3) is 0.833. The largest absolute Gasteiger partial charge is 0.115 e. The zero-order valence-corrected chi connectivity index (χ0v) is 6.63. The predicted octanol–water partition coefficient (Wildman–Crippen LogP) is 2.10. The van der Waals surface area contributed by atoms with E-state index in [4.69, 9.17) is 0 Å². The van der Waals surface area contributed by atoms with E-state index in [1.165, 1.54) is 0 Å². The molecule has 0 N–H and O–H groups in total. The van der Waals surface area contributed by atoms with Crippen molar-refractivity contribution in [2.75, 3.05) is 13.3 Å². The van der Waals surface area contributed by atoms with Gasteiger partial charge < -0.3 is 0 Å². The van der Waals surface area contributed by atoms with E-state index in [-0.39, 0.29) is 0 Å². The molecule has 0 rings (SSSR count). The predicted molar refractivity (Wildman–Crippen MR) is 41.0 cm³/mol. The third kappa shape index (κ3) is 2.93. The molecule has 1 heteroatoms. The number of hydrogen-bond acceptors (Lipinski definition) is 0. The van der Waals surface area contributed by atoms with Crippen LogP contribution in [0.3, 0.4) is 0 Å². The Morgan fingerprint density at radius 1 is 1.29 bits per heavy atom. The van der Waals surface area contributed by atoms with Gasteiger partial charge in [-0.3, -0.25) is 0 Å². The summed E-state index contributed by atoms with van der Waals surface area (Å²) in [6, 6.07) is 0. The molecule has 0 radical (unpaired) electrons. The second kappa shape index (κ2) is 2.05. The van der Waals surface area contributed by atoms with Crippen molar-refractivity contribution in [2.45, 2.75) is 19.5 Å². The lowest BCUT2D eigenvalue weighted by molar-refractivity contribution is 1.09. The molecule has 44 valence electrons. The first-order valence-electron chi connectivity index (χ1n) is 2.62. The van der Waals surface area contributed by atoms with Crippen LogP contribution in [0.1, 0.15) is 13.8 Å². The standard InChI is InChI=1S/C6H15P/c1-6(2)7(3,4)5/h6H,3H2,1-2,4-5H3. The van der Waals surface area contributed by atoms with Crippen molar-refractivity contribution in [2.24, 2.45) is 0 Å².